The number of rotatable bonds is 4. The Hall–Kier alpha value is -0.810. The quantitative estimate of drug-likeness (QED) is 0.834. The molecule has 0 spiro atoms. The van der Waals surface area contributed by atoms with Crippen LogP contribution in [0, 0.1) is 0 Å². The molecule has 5 nitrogen and oxygen atoms in total. The first-order valence-corrected chi connectivity index (χ1v) is 9.35. The number of carbonyl (C=O) groups is 1. The monoisotopic (exact) mass is 325 g/mol. The number of hydrogen-bond donors (Lipinski definition) is 2. The molecule has 0 radical (unpaired) electrons. The molecule has 2 fully saturated rings. The zero-order valence-electron chi connectivity index (χ0n) is 15.4. The minimum atomic E-state index is -0.434. The van der Waals surface area contributed by atoms with Crippen molar-refractivity contribution in [3.05, 3.63) is 0 Å². The Morgan fingerprint density at radius 3 is 2.52 bits per heavy atom. The van der Waals surface area contributed by atoms with E-state index in [0.29, 0.717) is 12.1 Å². The van der Waals surface area contributed by atoms with Crippen molar-refractivity contribution in [3.63, 3.8) is 0 Å². The summed E-state index contributed by atoms with van der Waals surface area (Å²) in [5.41, 5.74) is -0.434. The highest BCUT2D eigenvalue weighted by molar-refractivity contribution is 5.68. The number of alkyl carbamates (subject to hydrolysis) is 1. The van der Waals surface area contributed by atoms with Crippen LogP contribution in [0.4, 0.5) is 4.79 Å². The molecule has 1 heterocycles. The number of carbonyl (C=O) groups excluding carboxylic acids is 1. The van der Waals surface area contributed by atoms with Gasteiger partial charge in [0.15, 0.2) is 0 Å². The molecular weight excluding hydrogens is 290 g/mol. The summed E-state index contributed by atoms with van der Waals surface area (Å²) in [5.74, 6) is 0. The predicted molar refractivity (Wildman–Crippen MR) is 93.7 cm³/mol. The molecule has 3 atom stereocenters. The molecule has 0 aromatic carbocycles. The molecule has 134 valence electrons. The van der Waals surface area contributed by atoms with E-state index in [1.807, 2.05) is 20.8 Å². The van der Waals surface area contributed by atoms with E-state index in [1.165, 1.54) is 38.8 Å². The van der Waals surface area contributed by atoms with E-state index in [2.05, 4.69) is 22.5 Å². The third kappa shape index (κ3) is 6.30. The number of hydrogen-bond acceptors (Lipinski definition) is 4. The van der Waals surface area contributed by atoms with Crippen molar-refractivity contribution in [2.45, 2.75) is 89.9 Å². The third-order valence-corrected chi connectivity index (χ3v) is 4.94. The van der Waals surface area contributed by atoms with Crippen molar-refractivity contribution < 1.29 is 9.53 Å². The lowest BCUT2D eigenvalue weighted by atomic mass is 10.1. The molecule has 3 unspecified atom stereocenters. The van der Waals surface area contributed by atoms with Crippen LogP contribution in [0.15, 0.2) is 0 Å². The van der Waals surface area contributed by atoms with Crippen LogP contribution in [0.5, 0.6) is 0 Å². The molecule has 1 amide bonds. The van der Waals surface area contributed by atoms with Gasteiger partial charge in [-0.05, 0) is 78.9 Å². The molecule has 0 aromatic rings. The Balaban J connectivity index is 1.81. The second-order valence-corrected chi connectivity index (χ2v) is 8.02. The average Bonchev–Trinajstić information content (AvgIpc) is 2.74. The fourth-order valence-electron chi connectivity index (χ4n) is 3.73. The summed E-state index contributed by atoms with van der Waals surface area (Å²) in [6.07, 6.45) is 6.80. The Labute approximate surface area is 141 Å². The number of nitrogens with zero attached hydrogens (tertiary/aromatic N) is 1. The van der Waals surface area contributed by atoms with Crippen LogP contribution in [0.25, 0.3) is 0 Å². The molecule has 1 aliphatic carbocycles. The lowest BCUT2D eigenvalue weighted by Crippen LogP contribution is -2.50. The number of amides is 1. The van der Waals surface area contributed by atoms with E-state index >= 15 is 0 Å². The van der Waals surface area contributed by atoms with E-state index in [0.717, 1.165) is 19.4 Å². The smallest absolute Gasteiger partial charge is 0.407 e. The van der Waals surface area contributed by atoms with Crippen LogP contribution in [0.3, 0.4) is 0 Å². The van der Waals surface area contributed by atoms with Crippen LogP contribution in [-0.4, -0.2) is 54.4 Å². The Kier molecular flexibility index (Phi) is 6.72. The zero-order chi connectivity index (χ0) is 16.9. The molecule has 1 saturated carbocycles. The van der Waals surface area contributed by atoms with Gasteiger partial charge < -0.3 is 20.3 Å². The molecule has 2 N–H and O–H groups in total. The van der Waals surface area contributed by atoms with Crippen LogP contribution in [0.1, 0.15) is 66.2 Å². The van der Waals surface area contributed by atoms with Crippen LogP contribution in [0.2, 0.25) is 0 Å². The number of ether oxygens (including phenoxy) is 1. The molecule has 23 heavy (non-hydrogen) atoms. The highest BCUT2D eigenvalue weighted by Crippen LogP contribution is 2.22. The van der Waals surface area contributed by atoms with Gasteiger partial charge in [-0.25, -0.2) is 4.79 Å². The highest BCUT2D eigenvalue weighted by Gasteiger charge is 2.31. The lowest BCUT2D eigenvalue weighted by molar-refractivity contribution is 0.0496. The van der Waals surface area contributed by atoms with Gasteiger partial charge in [0.2, 0.25) is 0 Å². The van der Waals surface area contributed by atoms with Gasteiger partial charge >= 0.3 is 6.09 Å². The molecule has 0 bridgehead atoms. The molecule has 1 saturated heterocycles. The summed E-state index contributed by atoms with van der Waals surface area (Å²) in [6.45, 7) is 11.5. The summed E-state index contributed by atoms with van der Waals surface area (Å²) in [5, 5.41) is 6.90. The fraction of sp³-hybridized carbons (Fsp3) is 0.944. The van der Waals surface area contributed by atoms with Gasteiger partial charge in [0, 0.05) is 18.1 Å². The minimum absolute atomic E-state index is 0.204. The fourth-order valence-corrected chi connectivity index (χ4v) is 3.73. The largest absolute Gasteiger partial charge is 0.444 e. The maximum absolute atomic E-state index is 12.0. The first-order valence-electron chi connectivity index (χ1n) is 9.35. The first kappa shape index (κ1) is 18.5. The van der Waals surface area contributed by atoms with E-state index in [-0.39, 0.29) is 12.1 Å². The number of nitrogens with one attached hydrogen (secondary N) is 2. The van der Waals surface area contributed by atoms with E-state index in [1.54, 1.807) is 0 Å². The number of likely N-dealkylation sites (tertiary alicyclic amines) is 1. The zero-order valence-corrected chi connectivity index (χ0v) is 15.4. The van der Waals surface area contributed by atoms with Crippen molar-refractivity contribution in [2.75, 3.05) is 19.6 Å². The van der Waals surface area contributed by atoms with E-state index < -0.39 is 5.60 Å². The summed E-state index contributed by atoms with van der Waals surface area (Å²) in [4.78, 5) is 14.6. The van der Waals surface area contributed by atoms with Gasteiger partial charge in [-0.1, -0.05) is 6.92 Å². The van der Waals surface area contributed by atoms with Gasteiger partial charge in [-0.15, -0.1) is 0 Å². The Morgan fingerprint density at radius 1 is 1.09 bits per heavy atom. The third-order valence-electron chi connectivity index (χ3n) is 4.94. The molecular formula is C18H35N3O2. The molecule has 0 aromatic heterocycles. The molecule has 2 aliphatic rings. The van der Waals surface area contributed by atoms with Crippen molar-refractivity contribution in [1.29, 1.82) is 0 Å². The topological polar surface area (TPSA) is 53.6 Å². The predicted octanol–water partition coefficient (Wildman–Crippen LogP) is 2.90. The minimum Gasteiger partial charge on any atom is -0.444 e. The maximum Gasteiger partial charge on any atom is 0.407 e. The SMILES string of the molecule is CCN1CCCC(NC2CCCC2NC(=O)OC(C)(C)C)CC1. The van der Waals surface area contributed by atoms with Crippen molar-refractivity contribution >= 4 is 6.09 Å². The van der Waals surface area contributed by atoms with Crippen LogP contribution >= 0.6 is 0 Å². The summed E-state index contributed by atoms with van der Waals surface area (Å²) in [6, 6.07) is 1.17. The molecule has 2 rings (SSSR count). The second-order valence-electron chi connectivity index (χ2n) is 8.02. The van der Waals surface area contributed by atoms with Crippen molar-refractivity contribution in [2.24, 2.45) is 0 Å². The first-order chi connectivity index (χ1) is 10.9. The van der Waals surface area contributed by atoms with E-state index in [9.17, 15) is 4.79 Å². The summed E-state index contributed by atoms with van der Waals surface area (Å²) < 4.78 is 5.40. The van der Waals surface area contributed by atoms with Gasteiger partial charge in [0.05, 0.1) is 0 Å². The summed E-state index contributed by atoms with van der Waals surface area (Å²) >= 11 is 0. The lowest BCUT2D eigenvalue weighted by Gasteiger charge is -2.28. The van der Waals surface area contributed by atoms with Crippen LogP contribution < -0.4 is 10.6 Å². The van der Waals surface area contributed by atoms with Gasteiger partial charge in [-0.3, -0.25) is 0 Å². The second kappa shape index (κ2) is 8.34. The van der Waals surface area contributed by atoms with Gasteiger partial charge in [-0.2, -0.15) is 0 Å². The molecule has 5 heteroatoms. The summed E-state index contributed by atoms with van der Waals surface area (Å²) in [7, 11) is 0. The maximum atomic E-state index is 12.0. The molecule has 1 aliphatic heterocycles. The normalized spacial score (nSPS) is 30.0. The van der Waals surface area contributed by atoms with Gasteiger partial charge in [0.1, 0.15) is 5.60 Å². The standard InChI is InChI=1S/C18H35N3O2/c1-5-21-12-7-8-14(11-13-21)19-15-9-6-10-16(15)20-17(22)23-18(2,3)4/h14-16,19H,5-13H2,1-4H3,(H,20,22). The Bertz CT molecular complexity index is 381. The van der Waals surface area contributed by atoms with Crippen LogP contribution in [-0.2, 0) is 4.74 Å². The van der Waals surface area contributed by atoms with Crippen molar-refractivity contribution in [3.8, 4) is 0 Å². The highest BCUT2D eigenvalue weighted by atomic mass is 16.6. The van der Waals surface area contributed by atoms with Crippen molar-refractivity contribution in [1.82, 2.24) is 15.5 Å². The average molecular weight is 325 g/mol. The van der Waals surface area contributed by atoms with Gasteiger partial charge in [0.25, 0.3) is 0 Å². The Morgan fingerprint density at radius 2 is 1.83 bits per heavy atom. The van der Waals surface area contributed by atoms with E-state index in [4.69, 9.17) is 4.74 Å².